The fourth-order valence-corrected chi connectivity index (χ4v) is 2.98. The number of rotatable bonds is 7. The molecule has 0 saturated heterocycles. The Morgan fingerprint density at radius 1 is 1.07 bits per heavy atom. The van der Waals surface area contributed by atoms with E-state index in [1.54, 1.807) is 6.92 Å². The molecule has 0 aliphatic heterocycles. The third-order valence-corrected chi connectivity index (χ3v) is 4.93. The summed E-state index contributed by atoms with van der Waals surface area (Å²) in [5.74, 6) is -0.479. The largest absolute Gasteiger partial charge is 0.463 e. The van der Waals surface area contributed by atoms with Crippen LogP contribution in [0.25, 0.3) is 22.3 Å². The van der Waals surface area contributed by atoms with Crippen LogP contribution in [0.4, 0.5) is 4.39 Å². The number of nitrogens with zero attached hydrogens (tertiary/aromatic N) is 4. The fraction of sp³-hybridized carbons (Fsp3) is 0.400. The highest BCUT2D eigenvalue weighted by molar-refractivity contribution is 6.32. The Bertz CT molecular complexity index is 947. The van der Waals surface area contributed by atoms with Crippen molar-refractivity contribution in [2.24, 2.45) is 0 Å². The molecule has 0 amide bonds. The van der Waals surface area contributed by atoms with E-state index in [0.717, 1.165) is 18.4 Å². The van der Waals surface area contributed by atoms with Gasteiger partial charge in [0.2, 0.25) is 0 Å². The molecule has 0 bridgehead atoms. The minimum Gasteiger partial charge on any atom is -0.463 e. The van der Waals surface area contributed by atoms with Crippen molar-refractivity contribution in [3.05, 3.63) is 40.6 Å². The van der Waals surface area contributed by atoms with Crippen LogP contribution < -0.4 is 4.74 Å². The molecule has 0 aliphatic rings. The van der Waals surface area contributed by atoms with Crippen molar-refractivity contribution < 1.29 is 9.13 Å². The maximum atomic E-state index is 14.6. The van der Waals surface area contributed by atoms with Crippen molar-refractivity contribution in [1.29, 1.82) is 0 Å². The standard InChI is InChI=1S/C20H22ClFN4O/c1-4-5-6-7-8-27-20-23-10-14(11-24-20)19-15(22)9-16-18(26-19)12(2)17(21)13(3)25-16/h9-11H,4-8H2,1-3H3. The SMILES string of the molecule is CCCCCCOc1ncc(-c2nc3c(C)c(Cl)c(C)nc3cc2F)cn1. The van der Waals surface area contributed by atoms with Gasteiger partial charge in [-0.15, -0.1) is 0 Å². The van der Waals surface area contributed by atoms with E-state index in [-0.39, 0.29) is 11.7 Å². The Kier molecular flexibility index (Phi) is 6.16. The van der Waals surface area contributed by atoms with Gasteiger partial charge in [-0.05, 0) is 25.8 Å². The van der Waals surface area contributed by atoms with Crippen molar-refractivity contribution in [2.75, 3.05) is 6.61 Å². The number of hydrogen-bond donors (Lipinski definition) is 0. The first-order valence-electron chi connectivity index (χ1n) is 9.09. The first kappa shape index (κ1) is 19.4. The quantitative estimate of drug-likeness (QED) is 0.503. The highest BCUT2D eigenvalue weighted by Crippen LogP contribution is 2.29. The smallest absolute Gasteiger partial charge is 0.316 e. The first-order valence-corrected chi connectivity index (χ1v) is 9.47. The van der Waals surface area contributed by atoms with E-state index >= 15 is 0 Å². The van der Waals surface area contributed by atoms with Crippen LogP contribution in [0.2, 0.25) is 5.02 Å². The molecule has 27 heavy (non-hydrogen) atoms. The van der Waals surface area contributed by atoms with Gasteiger partial charge in [0.15, 0.2) is 5.82 Å². The van der Waals surface area contributed by atoms with Gasteiger partial charge < -0.3 is 4.74 Å². The van der Waals surface area contributed by atoms with Crippen LogP contribution in [0.5, 0.6) is 6.01 Å². The predicted octanol–water partition coefficient (Wildman–Crippen LogP) is 5.46. The number of fused-ring (bicyclic) bond motifs is 1. The number of hydrogen-bond acceptors (Lipinski definition) is 5. The highest BCUT2D eigenvalue weighted by atomic mass is 35.5. The van der Waals surface area contributed by atoms with Gasteiger partial charge in [0.1, 0.15) is 5.69 Å². The van der Waals surface area contributed by atoms with E-state index in [0.29, 0.717) is 33.9 Å². The van der Waals surface area contributed by atoms with Crippen LogP contribution >= 0.6 is 11.6 Å². The molecule has 0 saturated carbocycles. The summed E-state index contributed by atoms with van der Waals surface area (Å²) in [6.07, 6.45) is 7.49. The van der Waals surface area contributed by atoms with Gasteiger partial charge in [0.25, 0.3) is 0 Å². The lowest BCUT2D eigenvalue weighted by Gasteiger charge is -2.10. The molecule has 0 aromatic carbocycles. The Labute approximate surface area is 163 Å². The van der Waals surface area contributed by atoms with Crippen molar-refractivity contribution in [3.8, 4) is 17.3 Å². The van der Waals surface area contributed by atoms with E-state index in [1.165, 1.54) is 31.3 Å². The number of aryl methyl sites for hydroxylation is 2. The number of halogens is 2. The molecule has 7 heteroatoms. The summed E-state index contributed by atoms with van der Waals surface area (Å²) in [5, 5.41) is 0.538. The minimum atomic E-state index is -0.479. The van der Waals surface area contributed by atoms with Crippen molar-refractivity contribution >= 4 is 22.6 Å². The molecule has 0 atom stereocenters. The van der Waals surface area contributed by atoms with E-state index < -0.39 is 5.82 Å². The lowest BCUT2D eigenvalue weighted by molar-refractivity contribution is 0.282. The Hall–Kier alpha value is -2.34. The molecule has 0 fully saturated rings. The Morgan fingerprint density at radius 2 is 1.81 bits per heavy atom. The van der Waals surface area contributed by atoms with Crippen LogP contribution in [0, 0.1) is 19.7 Å². The number of ether oxygens (including phenoxy) is 1. The molecule has 0 aliphatic carbocycles. The second-order valence-corrected chi connectivity index (χ2v) is 6.86. The Morgan fingerprint density at radius 3 is 2.52 bits per heavy atom. The fourth-order valence-electron chi connectivity index (χ4n) is 2.85. The summed E-state index contributed by atoms with van der Waals surface area (Å²) in [5.41, 5.74) is 3.11. The van der Waals surface area contributed by atoms with Crippen LogP contribution in [-0.4, -0.2) is 26.5 Å². The van der Waals surface area contributed by atoms with Gasteiger partial charge in [-0.25, -0.2) is 24.3 Å². The van der Waals surface area contributed by atoms with Crippen molar-refractivity contribution in [2.45, 2.75) is 46.5 Å². The van der Waals surface area contributed by atoms with E-state index in [4.69, 9.17) is 16.3 Å². The molecular formula is C20H22ClFN4O. The summed E-state index contributed by atoms with van der Waals surface area (Å²) in [7, 11) is 0. The summed E-state index contributed by atoms with van der Waals surface area (Å²) < 4.78 is 20.1. The number of aromatic nitrogens is 4. The zero-order chi connectivity index (χ0) is 19.4. The monoisotopic (exact) mass is 388 g/mol. The number of pyridine rings is 2. The lowest BCUT2D eigenvalue weighted by atomic mass is 10.1. The third kappa shape index (κ3) is 4.33. The maximum Gasteiger partial charge on any atom is 0.316 e. The average Bonchev–Trinajstić information content (AvgIpc) is 2.66. The topological polar surface area (TPSA) is 60.8 Å². The van der Waals surface area contributed by atoms with Crippen LogP contribution in [0.3, 0.4) is 0 Å². The zero-order valence-electron chi connectivity index (χ0n) is 15.7. The summed E-state index contributed by atoms with van der Waals surface area (Å²) >= 11 is 6.26. The molecule has 0 unspecified atom stereocenters. The van der Waals surface area contributed by atoms with Crippen LogP contribution in [0.1, 0.15) is 43.9 Å². The second kappa shape index (κ2) is 8.57. The summed E-state index contributed by atoms with van der Waals surface area (Å²) in [4.78, 5) is 17.1. The molecule has 3 aromatic heterocycles. The third-order valence-electron chi connectivity index (χ3n) is 4.38. The van der Waals surface area contributed by atoms with Crippen LogP contribution in [0.15, 0.2) is 18.5 Å². The molecule has 0 radical (unpaired) electrons. The second-order valence-electron chi connectivity index (χ2n) is 6.49. The minimum absolute atomic E-state index is 0.168. The summed E-state index contributed by atoms with van der Waals surface area (Å²) in [6.45, 7) is 6.37. The zero-order valence-corrected chi connectivity index (χ0v) is 16.5. The Balaban J connectivity index is 1.83. The lowest BCUT2D eigenvalue weighted by Crippen LogP contribution is -2.02. The molecule has 3 aromatic rings. The van der Waals surface area contributed by atoms with Gasteiger partial charge in [0, 0.05) is 24.0 Å². The van der Waals surface area contributed by atoms with Crippen molar-refractivity contribution in [3.63, 3.8) is 0 Å². The molecule has 142 valence electrons. The average molecular weight is 389 g/mol. The van der Waals surface area contributed by atoms with Crippen molar-refractivity contribution in [1.82, 2.24) is 19.9 Å². The maximum absolute atomic E-state index is 14.6. The highest BCUT2D eigenvalue weighted by Gasteiger charge is 2.15. The van der Waals surface area contributed by atoms with E-state index in [1.807, 2.05) is 6.92 Å². The molecule has 0 spiro atoms. The first-order chi connectivity index (χ1) is 13.0. The van der Waals surface area contributed by atoms with Gasteiger partial charge in [-0.2, -0.15) is 0 Å². The van der Waals surface area contributed by atoms with Gasteiger partial charge >= 0.3 is 6.01 Å². The summed E-state index contributed by atoms with van der Waals surface area (Å²) in [6, 6.07) is 1.65. The molecule has 5 nitrogen and oxygen atoms in total. The molecular weight excluding hydrogens is 367 g/mol. The van der Waals surface area contributed by atoms with Gasteiger partial charge in [0.05, 0.1) is 28.4 Å². The predicted molar refractivity (Wildman–Crippen MR) is 105 cm³/mol. The van der Waals surface area contributed by atoms with Gasteiger partial charge in [-0.1, -0.05) is 37.8 Å². The van der Waals surface area contributed by atoms with E-state index in [2.05, 4.69) is 26.9 Å². The normalized spacial score (nSPS) is 11.1. The van der Waals surface area contributed by atoms with Crippen LogP contribution in [-0.2, 0) is 0 Å². The molecule has 0 N–H and O–H groups in total. The molecule has 3 rings (SSSR count). The van der Waals surface area contributed by atoms with E-state index in [9.17, 15) is 4.39 Å². The van der Waals surface area contributed by atoms with Gasteiger partial charge in [-0.3, -0.25) is 0 Å². The molecule has 3 heterocycles. The number of unbranched alkanes of at least 4 members (excludes halogenated alkanes) is 3.